The Morgan fingerprint density at radius 3 is 0.848 bits per heavy atom. The van der Waals surface area contributed by atoms with Crippen molar-refractivity contribution in [1.29, 1.82) is 0 Å². The molecule has 0 saturated heterocycles. The SMILES string of the molecule is c1ccc(-c2cc(-c3ccccc3)cc(-c3cc(-c4cccc(-c5cccc(C6(c7cc(N(c8ccccc8)c8ccccc8)cc(N(c8ccccc8)c8ccccc8)c7)CCCCC6)c5)c4)cc(-c4cc(-c5ccccc5)cc(-c5ccccc5)c4)n3)c2)cc1. The van der Waals surface area contributed by atoms with Gasteiger partial charge in [-0.2, -0.15) is 0 Å². The highest BCUT2D eigenvalue weighted by Gasteiger charge is 2.37. The maximum atomic E-state index is 5.72. The standard InChI is InChI=1S/C89H69N3/c1-10-30-65(31-11-1)72-53-73(66-32-12-2-13-33-66)56-77(55-72)87-60-76(61-88(90-87)78-57-74(67-34-14-3-15-35-67)54-75(58-78)68-36-16-4-17-37-68)70-39-28-38-69(52-70)71-40-29-41-79(59-71)89(50-26-9-27-51-89)80-62-85(91(81-42-18-5-19-43-81)82-44-20-6-21-45-82)64-86(63-80)92(83-46-22-7-23-47-83)84-48-24-8-25-49-84/h1-8,10-25,28-49,52-64H,9,26-27,50-51H2. The molecule has 1 aromatic heterocycles. The smallest absolute Gasteiger partial charge is 0.0716 e. The van der Waals surface area contributed by atoms with Crippen LogP contribution < -0.4 is 9.80 Å². The van der Waals surface area contributed by atoms with Gasteiger partial charge in [-0.3, -0.25) is 0 Å². The van der Waals surface area contributed by atoms with Crippen LogP contribution in [0.3, 0.4) is 0 Å². The summed E-state index contributed by atoms with van der Waals surface area (Å²) in [4.78, 5) is 10.6. The van der Waals surface area contributed by atoms with E-state index in [1.807, 2.05) is 0 Å². The normalized spacial score (nSPS) is 12.7. The van der Waals surface area contributed by atoms with E-state index < -0.39 is 0 Å². The molecule has 0 amide bonds. The molecule has 0 spiro atoms. The Kier molecular flexibility index (Phi) is 16.1. The van der Waals surface area contributed by atoms with Gasteiger partial charge in [0, 0.05) is 50.7 Å². The summed E-state index contributed by atoms with van der Waals surface area (Å²) in [6.07, 6.45) is 5.54. The first-order valence-corrected chi connectivity index (χ1v) is 32.3. The van der Waals surface area contributed by atoms with Gasteiger partial charge in [-0.05, 0) is 212 Å². The van der Waals surface area contributed by atoms with E-state index in [1.165, 1.54) is 23.1 Å². The molecule has 15 rings (SSSR count). The van der Waals surface area contributed by atoms with Gasteiger partial charge in [0.25, 0.3) is 0 Å². The minimum absolute atomic E-state index is 0.288. The van der Waals surface area contributed by atoms with E-state index in [4.69, 9.17) is 4.98 Å². The Balaban J connectivity index is 0.895. The van der Waals surface area contributed by atoms with Crippen LogP contribution in [0.5, 0.6) is 0 Å². The zero-order chi connectivity index (χ0) is 61.5. The minimum atomic E-state index is -0.288. The predicted molar refractivity (Wildman–Crippen MR) is 387 cm³/mol. The Morgan fingerprint density at radius 1 is 0.196 bits per heavy atom. The number of rotatable bonds is 16. The van der Waals surface area contributed by atoms with Crippen molar-refractivity contribution in [2.75, 3.05) is 9.80 Å². The summed E-state index contributed by atoms with van der Waals surface area (Å²) in [6.45, 7) is 0. The molecule has 0 bridgehead atoms. The molecule has 1 saturated carbocycles. The van der Waals surface area contributed by atoms with Crippen LogP contribution in [0.4, 0.5) is 34.1 Å². The Labute approximate surface area is 541 Å². The molecule has 0 aliphatic heterocycles. The number of hydrogen-bond donors (Lipinski definition) is 0. The highest BCUT2D eigenvalue weighted by molar-refractivity contribution is 5.88. The monoisotopic (exact) mass is 1180 g/mol. The van der Waals surface area contributed by atoms with E-state index in [-0.39, 0.29) is 5.41 Å². The molecule has 0 atom stereocenters. The van der Waals surface area contributed by atoms with Gasteiger partial charge in [-0.25, -0.2) is 4.98 Å². The second-order valence-corrected chi connectivity index (χ2v) is 24.2. The minimum Gasteiger partial charge on any atom is -0.310 e. The van der Waals surface area contributed by atoms with E-state index in [2.05, 4.69) is 368 Å². The van der Waals surface area contributed by atoms with Crippen LogP contribution in [0.2, 0.25) is 0 Å². The van der Waals surface area contributed by atoms with Gasteiger partial charge in [-0.15, -0.1) is 0 Å². The third-order valence-electron chi connectivity index (χ3n) is 18.4. The molecule has 3 nitrogen and oxygen atoms in total. The van der Waals surface area contributed by atoms with Crippen LogP contribution in [-0.2, 0) is 5.41 Å². The van der Waals surface area contributed by atoms with Crippen LogP contribution >= 0.6 is 0 Å². The van der Waals surface area contributed by atoms with Crippen molar-refractivity contribution in [3.63, 3.8) is 0 Å². The fraction of sp³-hybridized carbons (Fsp3) is 0.0674. The zero-order valence-corrected chi connectivity index (χ0v) is 51.4. The molecule has 1 aliphatic rings. The summed E-state index contributed by atoms with van der Waals surface area (Å²) in [5, 5.41) is 0. The van der Waals surface area contributed by atoms with Crippen LogP contribution in [0.15, 0.2) is 358 Å². The molecule has 13 aromatic carbocycles. The number of nitrogens with zero attached hydrogens (tertiary/aromatic N) is 3. The molecule has 1 fully saturated rings. The highest BCUT2D eigenvalue weighted by Crippen LogP contribution is 2.51. The summed E-state index contributed by atoms with van der Waals surface area (Å²) in [5.74, 6) is 0. The summed E-state index contributed by atoms with van der Waals surface area (Å²) in [6, 6.07) is 131. The van der Waals surface area contributed by atoms with Gasteiger partial charge < -0.3 is 9.80 Å². The summed E-state index contributed by atoms with van der Waals surface area (Å²) >= 11 is 0. The fourth-order valence-corrected chi connectivity index (χ4v) is 13.8. The van der Waals surface area contributed by atoms with E-state index in [0.717, 1.165) is 144 Å². The Bertz CT molecular complexity index is 4360. The van der Waals surface area contributed by atoms with Crippen molar-refractivity contribution in [1.82, 2.24) is 4.98 Å². The van der Waals surface area contributed by atoms with Gasteiger partial charge in [0.1, 0.15) is 0 Å². The maximum Gasteiger partial charge on any atom is 0.0716 e. The van der Waals surface area contributed by atoms with E-state index in [0.29, 0.717) is 0 Å². The number of aromatic nitrogens is 1. The summed E-state index contributed by atoms with van der Waals surface area (Å²) in [5.41, 5.74) is 26.7. The first-order chi connectivity index (χ1) is 45.5. The summed E-state index contributed by atoms with van der Waals surface area (Å²) < 4.78 is 0. The van der Waals surface area contributed by atoms with Gasteiger partial charge in [0.2, 0.25) is 0 Å². The van der Waals surface area contributed by atoms with E-state index >= 15 is 0 Å². The first kappa shape index (κ1) is 57.1. The van der Waals surface area contributed by atoms with E-state index in [1.54, 1.807) is 0 Å². The van der Waals surface area contributed by atoms with Crippen molar-refractivity contribution >= 4 is 34.1 Å². The molecule has 14 aromatic rings. The summed E-state index contributed by atoms with van der Waals surface area (Å²) in [7, 11) is 0. The van der Waals surface area contributed by atoms with Crippen LogP contribution in [0, 0.1) is 0 Å². The van der Waals surface area contributed by atoms with Crippen LogP contribution in [0.1, 0.15) is 43.2 Å². The van der Waals surface area contributed by atoms with Crippen molar-refractivity contribution in [3.05, 3.63) is 369 Å². The lowest BCUT2D eigenvalue weighted by molar-refractivity contribution is 0.346. The molecule has 3 heteroatoms. The quantitative estimate of drug-likeness (QED) is 0.0961. The Hall–Kier alpha value is -11.4. The van der Waals surface area contributed by atoms with Crippen LogP contribution in [-0.4, -0.2) is 4.98 Å². The maximum absolute atomic E-state index is 5.72. The molecule has 0 radical (unpaired) electrons. The van der Waals surface area contributed by atoms with Gasteiger partial charge >= 0.3 is 0 Å². The molecule has 92 heavy (non-hydrogen) atoms. The van der Waals surface area contributed by atoms with Crippen molar-refractivity contribution in [3.8, 4) is 89.3 Å². The van der Waals surface area contributed by atoms with Gasteiger partial charge in [-0.1, -0.05) is 256 Å². The lowest BCUT2D eigenvalue weighted by Crippen LogP contribution is -2.31. The Morgan fingerprint density at radius 2 is 0.478 bits per heavy atom. The van der Waals surface area contributed by atoms with Crippen molar-refractivity contribution in [2.24, 2.45) is 0 Å². The van der Waals surface area contributed by atoms with Crippen molar-refractivity contribution < 1.29 is 0 Å². The second-order valence-electron chi connectivity index (χ2n) is 24.2. The largest absolute Gasteiger partial charge is 0.310 e. The van der Waals surface area contributed by atoms with Gasteiger partial charge in [0.15, 0.2) is 0 Å². The number of anilines is 6. The predicted octanol–water partition coefficient (Wildman–Crippen LogP) is 24.6. The number of para-hydroxylation sites is 4. The molecular weight excluding hydrogens is 1110 g/mol. The molecule has 0 unspecified atom stereocenters. The fourth-order valence-electron chi connectivity index (χ4n) is 13.8. The topological polar surface area (TPSA) is 19.4 Å². The number of pyridine rings is 1. The third kappa shape index (κ3) is 12.0. The lowest BCUT2D eigenvalue weighted by Gasteiger charge is -2.40. The third-order valence-corrected chi connectivity index (χ3v) is 18.4. The molecule has 0 N–H and O–H groups in total. The lowest BCUT2D eigenvalue weighted by atomic mass is 9.65. The number of hydrogen-bond acceptors (Lipinski definition) is 3. The average Bonchev–Trinajstić information content (AvgIpc) is 0.908. The zero-order valence-electron chi connectivity index (χ0n) is 51.4. The molecule has 1 aliphatic carbocycles. The van der Waals surface area contributed by atoms with E-state index in [9.17, 15) is 0 Å². The van der Waals surface area contributed by atoms with Crippen molar-refractivity contribution in [2.45, 2.75) is 37.5 Å². The highest BCUT2D eigenvalue weighted by atomic mass is 15.2. The first-order valence-electron chi connectivity index (χ1n) is 32.3. The van der Waals surface area contributed by atoms with Gasteiger partial charge in [0.05, 0.1) is 11.4 Å². The second kappa shape index (κ2) is 26.0. The average molecular weight is 1180 g/mol. The number of benzene rings is 13. The van der Waals surface area contributed by atoms with Crippen LogP contribution in [0.25, 0.3) is 89.3 Å². The molecular formula is C89H69N3. The molecule has 1 heterocycles. The molecule has 440 valence electrons.